The number of hydrogen-bond donors (Lipinski definition) is 2. The lowest BCUT2D eigenvalue weighted by Gasteiger charge is -2.05. The van der Waals surface area contributed by atoms with E-state index in [1.54, 1.807) is 12.3 Å². The Kier molecular flexibility index (Phi) is 3.57. The SMILES string of the molecule is Cc1ccc2nc(CNC(=O)c3cc(Br)cc4[nH]ncc34)cn2c1. The van der Waals surface area contributed by atoms with E-state index in [0.717, 1.165) is 32.3 Å². The molecule has 0 aliphatic heterocycles. The Balaban J connectivity index is 1.57. The molecule has 4 aromatic rings. The monoisotopic (exact) mass is 383 g/mol. The molecular formula is C17H14BrN5O. The van der Waals surface area contributed by atoms with Crippen LogP contribution in [-0.2, 0) is 6.54 Å². The van der Waals surface area contributed by atoms with E-state index in [0.29, 0.717) is 12.1 Å². The highest BCUT2D eigenvalue weighted by atomic mass is 79.9. The molecule has 120 valence electrons. The topological polar surface area (TPSA) is 75.1 Å². The zero-order chi connectivity index (χ0) is 16.7. The third-order valence-corrected chi connectivity index (χ3v) is 4.30. The number of carbonyl (C=O) groups is 1. The Labute approximate surface area is 146 Å². The van der Waals surface area contributed by atoms with Crippen molar-refractivity contribution in [3.8, 4) is 0 Å². The number of aromatic nitrogens is 4. The molecule has 0 unspecified atom stereocenters. The van der Waals surface area contributed by atoms with E-state index in [1.807, 2.05) is 41.9 Å². The maximum atomic E-state index is 12.5. The summed E-state index contributed by atoms with van der Waals surface area (Å²) in [6.45, 7) is 2.40. The van der Waals surface area contributed by atoms with Gasteiger partial charge in [0.25, 0.3) is 5.91 Å². The lowest BCUT2D eigenvalue weighted by atomic mass is 10.1. The molecule has 6 nitrogen and oxygen atoms in total. The van der Waals surface area contributed by atoms with Gasteiger partial charge in [0.1, 0.15) is 5.65 Å². The standard InChI is InChI=1S/C17H14BrN5O/c1-10-2-3-16-21-12(9-23(16)8-10)6-19-17(24)13-4-11(18)5-15-14(13)7-20-22-15/h2-5,7-9H,6H2,1H3,(H,19,24)(H,20,22). The smallest absolute Gasteiger partial charge is 0.252 e. The highest BCUT2D eigenvalue weighted by Gasteiger charge is 2.13. The van der Waals surface area contributed by atoms with E-state index in [1.165, 1.54) is 0 Å². The van der Waals surface area contributed by atoms with Crippen LogP contribution in [0.4, 0.5) is 0 Å². The van der Waals surface area contributed by atoms with E-state index in [-0.39, 0.29) is 5.91 Å². The van der Waals surface area contributed by atoms with Crippen LogP contribution in [0, 0.1) is 6.92 Å². The summed E-state index contributed by atoms with van der Waals surface area (Å²) >= 11 is 3.42. The third kappa shape index (κ3) is 2.67. The average Bonchev–Trinajstić information content (AvgIpc) is 3.17. The number of nitrogens with zero attached hydrogens (tertiary/aromatic N) is 3. The number of fused-ring (bicyclic) bond motifs is 2. The first-order chi connectivity index (χ1) is 11.6. The maximum absolute atomic E-state index is 12.5. The van der Waals surface area contributed by atoms with Gasteiger partial charge in [0.15, 0.2) is 0 Å². The molecule has 0 saturated heterocycles. The molecule has 2 N–H and O–H groups in total. The molecule has 7 heteroatoms. The van der Waals surface area contributed by atoms with Crippen LogP contribution in [0.5, 0.6) is 0 Å². The molecule has 3 aromatic heterocycles. The number of aromatic amines is 1. The molecule has 0 atom stereocenters. The van der Waals surface area contributed by atoms with Crippen molar-refractivity contribution >= 4 is 38.4 Å². The fourth-order valence-electron chi connectivity index (χ4n) is 2.71. The van der Waals surface area contributed by atoms with Crippen molar-refractivity contribution in [2.75, 3.05) is 0 Å². The first-order valence-corrected chi connectivity index (χ1v) is 8.24. The predicted octanol–water partition coefficient (Wildman–Crippen LogP) is 3.21. The third-order valence-electron chi connectivity index (χ3n) is 3.85. The van der Waals surface area contributed by atoms with Crippen molar-refractivity contribution in [3.63, 3.8) is 0 Å². The number of amides is 1. The van der Waals surface area contributed by atoms with Crippen molar-refractivity contribution in [2.45, 2.75) is 13.5 Å². The minimum atomic E-state index is -0.157. The molecule has 1 aromatic carbocycles. The van der Waals surface area contributed by atoms with E-state index in [4.69, 9.17) is 0 Å². The maximum Gasteiger partial charge on any atom is 0.252 e. The minimum absolute atomic E-state index is 0.157. The van der Waals surface area contributed by atoms with Crippen molar-refractivity contribution in [3.05, 3.63) is 64.1 Å². The average molecular weight is 384 g/mol. The number of H-pyrrole nitrogens is 1. The van der Waals surface area contributed by atoms with Crippen molar-refractivity contribution in [2.24, 2.45) is 0 Å². The summed E-state index contributed by atoms with van der Waals surface area (Å²) in [5, 5.41) is 10.6. The second-order valence-corrected chi connectivity index (χ2v) is 6.59. The molecule has 0 spiro atoms. The molecule has 0 bridgehead atoms. The van der Waals surface area contributed by atoms with Gasteiger partial charge < -0.3 is 9.72 Å². The van der Waals surface area contributed by atoms with Crippen molar-refractivity contribution in [1.29, 1.82) is 0 Å². The minimum Gasteiger partial charge on any atom is -0.346 e. The largest absolute Gasteiger partial charge is 0.346 e. The van der Waals surface area contributed by atoms with Crippen LogP contribution in [-0.4, -0.2) is 25.5 Å². The molecule has 0 aliphatic carbocycles. The molecule has 0 saturated carbocycles. The highest BCUT2D eigenvalue weighted by Crippen LogP contribution is 2.22. The Hall–Kier alpha value is -2.67. The highest BCUT2D eigenvalue weighted by molar-refractivity contribution is 9.10. The first-order valence-electron chi connectivity index (χ1n) is 7.45. The summed E-state index contributed by atoms with van der Waals surface area (Å²) in [7, 11) is 0. The Morgan fingerprint density at radius 1 is 1.33 bits per heavy atom. The van der Waals surface area contributed by atoms with Gasteiger partial charge >= 0.3 is 0 Å². The molecule has 24 heavy (non-hydrogen) atoms. The lowest BCUT2D eigenvalue weighted by Crippen LogP contribution is -2.23. The Morgan fingerprint density at radius 2 is 2.21 bits per heavy atom. The van der Waals surface area contributed by atoms with Gasteiger partial charge in [0.05, 0.1) is 29.5 Å². The zero-order valence-corrected chi connectivity index (χ0v) is 14.5. The van der Waals surface area contributed by atoms with Crippen LogP contribution in [0.3, 0.4) is 0 Å². The summed E-state index contributed by atoms with van der Waals surface area (Å²) in [5.41, 5.74) is 4.23. The van der Waals surface area contributed by atoms with E-state index < -0.39 is 0 Å². The van der Waals surface area contributed by atoms with Crippen molar-refractivity contribution < 1.29 is 4.79 Å². The number of hydrogen-bond acceptors (Lipinski definition) is 3. The summed E-state index contributed by atoms with van der Waals surface area (Å²) in [4.78, 5) is 17.1. The normalized spacial score (nSPS) is 11.2. The van der Waals surface area contributed by atoms with Crippen LogP contribution in [0.15, 0.2) is 47.3 Å². The second kappa shape index (κ2) is 5.76. The quantitative estimate of drug-likeness (QED) is 0.570. The van der Waals surface area contributed by atoms with Gasteiger partial charge in [0.2, 0.25) is 0 Å². The van der Waals surface area contributed by atoms with Gasteiger partial charge in [-0.05, 0) is 30.7 Å². The van der Waals surface area contributed by atoms with Crippen LogP contribution in [0.1, 0.15) is 21.6 Å². The van der Waals surface area contributed by atoms with E-state index in [9.17, 15) is 4.79 Å². The number of rotatable bonds is 3. The molecular weight excluding hydrogens is 370 g/mol. The fourth-order valence-corrected chi connectivity index (χ4v) is 3.17. The Morgan fingerprint density at radius 3 is 3.08 bits per heavy atom. The predicted molar refractivity (Wildman–Crippen MR) is 94.9 cm³/mol. The summed E-state index contributed by atoms with van der Waals surface area (Å²) < 4.78 is 2.79. The van der Waals surface area contributed by atoms with Gasteiger partial charge in [-0.25, -0.2) is 4.98 Å². The number of carbonyl (C=O) groups excluding carboxylic acids is 1. The summed E-state index contributed by atoms with van der Waals surface area (Å²) in [6.07, 6.45) is 5.60. The summed E-state index contributed by atoms with van der Waals surface area (Å²) in [5.74, 6) is -0.157. The van der Waals surface area contributed by atoms with Crippen LogP contribution < -0.4 is 5.32 Å². The lowest BCUT2D eigenvalue weighted by molar-refractivity contribution is 0.0952. The first kappa shape index (κ1) is 14.9. The molecule has 0 radical (unpaired) electrons. The second-order valence-electron chi connectivity index (χ2n) is 5.67. The number of aryl methyl sites for hydroxylation is 1. The van der Waals surface area contributed by atoms with Gasteiger partial charge in [0, 0.05) is 22.3 Å². The number of pyridine rings is 1. The molecule has 3 heterocycles. The number of imidazole rings is 1. The van der Waals surface area contributed by atoms with Crippen LogP contribution in [0.2, 0.25) is 0 Å². The molecule has 4 rings (SSSR count). The fraction of sp³-hybridized carbons (Fsp3) is 0.118. The molecule has 1 amide bonds. The van der Waals surface area contributed by atoms with Crippen LogP contribution >= 0.6 is 15.9 Å². The van der Waals surface area contributed by atoms with Crippen LogP contribution in [0.25, 0.3) is 16.6 Å². The number of halogens is 1. The van der Waals surface area contributed by atoms with E-state index in [2.05, 4.69) is 36.4 Å². The van der Waals surface area contributed by atoms with Gasteiger partial charge in [-0.1, -0.05) is 22.0 Å². The number of nitrogens with one attached hydrogen (secondary N) is 2. The Bertz CT molecular complexity index is 1070. The molecule has 0 fully saturated rings. The van der Waals surface area contributed by atoms with Crippen molar-refractivity contribution in [1.82, 2.24) is 24.9 Å². The van der Waals surface area contributed by atoms with Gasteiger partial charge in [-0.15, -0.1) is 0 Å². The summed E-state index contributed by atoms with van der Waals surface area (Å²) in [6, 6.07) is 7.66. The zero-order valence-electron chi connectivity index (χ0n) is 12.9. The van der Waals surface area contributed by atoms with Gasteiger partial charge in [-0.2, -0.15) is 5.10 Å². The molecule has 0 aliphatic rings. The van der Waals surface area contributed by atoms with E-state index >= 15 is 0 Å². The van der Waals surface area contributed by atoms with Gasteiger partial charge in [-0.3, -0.25) is 9.89 Å². The number of benzene rings is 1.